The molecule has 0 unspecified atom stereocenters. The summed E-state index contributed by atoms with van der Waals surface area (Å²) in [5.41, 5.74) is 1.97. The van der Waals surface area contributed by atoms with E-state index in [2.05, 4.69) is 4.98 Å². The normalized spacial score (nSPS) is 12.1. The van der Waals surface area contributed by atoms with Crippen LogP contribution in [0.1, 0.15) is 32.0 Å². The molecule has 1 nitrogen and oxygen atoms in total. The second-order valence-corrected chi connectivity index (χ2v) is 5.73. The van der Waals surface area contributed by atoms with Crippen molar-refractivity contribution in [3.05, 3.63) is 40.3 Å². The second-order valence-electron chi connectivity index (χ2n) is 5.33. The van der Waals surface area contributed by atoms with Gasteiger partial charge in [-0.3, -0.25) is 0 Å². The molecule has 1 aromatic carbocycles. The summed E-state index contributed by atoms with van der Waals surface area (Å²) in [6.07, 6.45) is 0. The number of hydrogen-bond acceptors (Lipinski definition) is 1. The van der Waals surface area contributed by atoms with Crippen LogP contribution >= 0.6 is 11.6 Å². The number of fused-ring (bicyclic) bond motifs is 1. The van der Waals surface area contributed by atoms with Crippen molar-refractivity contribution in [2.24, 2.45) is 0 Å². The van der Waals surface area contributed by atoms with Gasteiger partial charge in [-0.25, -0.2) is 9.37 Å². The van der Waals surface area contributed by atoms with Crippen molar-refractivity contribution in [1.29, 1.82) is 0 Å². The van der Waals surface area contributed by atoms with Crippen LogP contribution in [0.2, 0.25) is 5.02 Å². The molecule has 0 bridgehead atoms. The number of hydrogen-bond donors (Lipinski definition) is 0. The van der Waals surface area contributed by atoms with E-state index in [1.165, 1.54) is 6.07 Å². The maximum atomic E-state index is 13.8. The molecule has 2 aromatic rings. The fourth-order valence-corrected chi connectivity index (χ4v) is 2.15. The highest BCUT2D eigenvalue weighted by atomic mass is 35.5. The Morgan fingerprint density at radius 2 is 1.88 bits per heavy atom. The third kappa shape index (κ3) is 2.14. The highest BCUT2D eigenvalue weighted by Gasteiger charge is 2.19. The van der Waals surface area contributed by atoms with Gasteiger partial charge < -0.3 is 0 Å². The highest BCUT2D eigenvalue weighted by molar-refractivity contribution is 6.35. The third-order valence-corrected chi connectivity index (χ3v) is 3.14. The first kappa shape index (κ1) is 12.3. The Kier molecular flexibility index (Phi) is 2.86. The highest BCUT2D eigenvalue weighted by Crippen LogP contribution is 2.31. The maximum absolute atomic E-state index is 13.8. The van der Waals surface area contributed by atoms with Crippen LogP contribution in [0.3, 0.4) is 0 Å². The van der Waals surface area contributed by atoms with Crippen LogP contribution in [-0.2, 0) is 5.41 Å². The third-order valence-electron chi connectivity index (χ3n) is 2.84. The van der Waals surface area contributed by atoms with Crippen molar-refractivity contribution in [2.45, 2.75) is 33.1 Å². The first-order valence-electron chi connectivity index (χ1n) is 5.56. The molecule has 0 spiro atoms. The van der Waals surface area contributed by atoms with Gasteiger partial charge in [0, 0.05) is 16.5 Å². The lowest BCUT2D eigenvalue weighted by molar-refractivity contribution is 0.569. The van der Waals surface area contributed by atoms with Gasteiger partial charge in [0.2, 0.25) is 0 Å². The summed E-state index contributed by atoms with van der Waals surface area (Å²) in [4.78, 5) is 4.41. The van der Waals surface area contributed by atoms with E-state index in [1.807, 2.05) is 33.8 Å². The van der Waals surface area contributed by atoms with E-state index in [4.69, 9.17) is 11.6 Å². The molecule has 0 radical (unpaired) electrons. The number of rotatable bonds is 0. The first-order chi connectivity index (χ1) is 7.80. The fraction of sp³-hybridized carbons (Fsp3) is 0.357. The fourth-order valence-electron chi connectivity index (χ4n) is 1.81. The Labute approximate surface area is 106 Å². The molecule has 17 heavy (non-hydrogen) atoms. The van der Waals surface area contributed by atoms with E-state index < -0.39 is 0 Å². The minimum atomic E-state index is -0.321. The Bertz CT molecular complexity index is 585. The predicted molar refractivity (Wildman–Crippen MR) is 70.1 cm³/mol. The monoisotopic (exact) mass is 251 g/mol. The smallest absolute Gasteiger partial charge is 0.149 e. The molecule has 1 heterocycles. The van der Waals surface area contributed by atoms with Crippen molar-refractivity contribution < 1.29 is 4.39 Å². The molecule has 0 amide bonds. The maximum Gasteiger partial charge on any atom is 0.149 e. The van der Waals surface area contributed by atoms with E-state index in [1.54, 1.807) is 6.07 Å². The van der Waals surface area contributed by atoms with Crippen molar-refractivity contribution in [2.75, 3.05) is 0 Å². The van der Waals surface area contributed by atoms with E-state index in [9.17, 15) is 4.39 Å². The summed E-state index contributed by atoms with van der Waals surface area (Å²) in [5.74, 6) is -0.321. The Balaban J connectivity index is 2.87. The first-order valence-corrected chi connectivity index (χ1v) is 5.94. The molecule has 0 atom stereocenters. The van der Waals surface area contributed by atoms with Crippen LogP contribution in [0.25, 0.3) is 10.9 Å². The van der Waals surface area contributed by atoms with Crippen molar-refractivity contribution in [3.63, 3.8) is 0 Å². The predicted octanol–water partition coefficient (Wildman–Crippen LogP) is 4.63. The second kappa shape index (κ2) is 3.95. The standard InChI is InChI=1S/C14H15ClFN/c1-8-5-6-10(16)13-12(8)9(15)7-11(17-13)14(2,3)4/h5-7H,1-4H3. The average Bonchev–Trinajstić information content (AvgIpc) is 2.21. The van der Waals surface area contributed by atoms with E-state index in [-0.39, 0.29) is 11.2 Å². The van der Waals surface area contributed by atoms with Crippen LogP contribution in [0, 0.1) is 12.7 Å². The number of nitrogens with zero attached hydrogens (tertiary/aromatic N) is 1. The van der Waals surface area contributed by atoms with Crippen LogP contribution < -0.4 is 0 Å². The molecule has 0 aliphatic rings. The number of halogens is 2. The van der Waals surface area contributed by atoms with Crippen LogP contribution in [-0.4, -0.2) is 4.98 Å². The van der Waals surface area contributed by atoms with Crippen molar-refractivity contribution in [3.8, 4) is 0 Å². The topological polar surface area (TPSA) is 12.9 Å². The van der Waals surface area contributed by atoms with Gasteiger partial charge in [0.05, 0.1) is 5.02 Å². The number of aromatic nitrogens is 1. The van der Waals surface area contributed by atoms with Gasteiger partial charge in [0.1, 0.15) is 11.3 Å². The SMILES string of the molecule is Cc1ccc(F)c2nc(C(C)(C)C)cc(Cl)c12. The molecule has 3 heteroatoms. The van der Waals surface area contributed by atoms with Crippen molar-refractivity contribution in [1.82, 2.24) is 4.98 Å². The molecule has 1 aromatic heterocycles. The Morgan fingerprint density at radius 3 is 2.47 bits per heavy atom. The summed E-state index contributed by atoms with van der Waals surface area (Å²) in [6.45, 7) is 8.01. The summed E-state index contributed by atoms with van der Waals surface area (Å²) < 4.78 is 13.8. The van der Waals surface area contributed by atoms with Gasteiger partial charge in [-0.15, -0.1) is 0 Å². The number of pyridine rings is 1. The van der Waals surface area contributed by atoms with Crippen LogP contribution in [0.5, 0.6) is 0 Å². The van der Waals surface area contributed by atoms with E-state index in [0.29, 0.717) is 15.9 Å². The van der Waals surface area contributed by atoms with Gasteiger partial charge >= 0.3 is 0 Å². The van der Waals surface area contributed by atoms with Crippen molar-refractivity contribution >= 4 is 22.5 Å². The lowest BCUT2D eigenvalue weighted by Crippen LogP contribution is -2.13. The molecule has 0 aliphatic heterocycles. The van der Waals surface area contributed by atoms with E-state index in [0.717, 1.165) is 11.3 Å². The lowest BCUT2D eigenvalue weighted by atomic mass is 9.91. The lowest BCUT2D eigenvalue weighted by Gasteiger charge is -2.19. The molecule has 2 rings (SSSR count). The summed E-state index contributed by atoms with van der Waals surface area (Å²) in [7, 11) is 0. The molecular formula is C14H15ClFN. The Morgan fingerprint density at radius 1 is 1.24 bits per heavy atom. The van der Waals surface area contributed by atoms with Gasteiger partial charge in [-0.1, -0.05) is 38.4 Å². The van der Waals surface area contributed by atoms with Gasteiger partial charge in [0.25, 0.3) is 0 Å². The molecule has 0 N–H and O–H groups in total. The van der Waals surface area contributed by atoms with E-state index >= 15 is 0 Å². The average molecular weight is 252 g/mol. The van der Waals surface area contributed by atoms with Gasteiger partial charge in [0.15, 0.2) is 0 Å². The van der Waals surface area contributed by atoms with Gasteiger partial charge in [-0.05, 0) is 24.6 Å². The largest absolute Gasteiger partial charge is 0.249 e. The van der Waals surface area contributed by atoms with Crippen LogP contribution in [0.15, 0.2) is 18.2 Å². The quantitative estimate of drug-likeness (QED) is 0.665. The molecule has 90 valence electrons. The Hall–Kier alpha value is -1.15. The zero-order valence-electron chi connectivity index (χ0n) is 10.4. The summed E-state index contributed by atoms with van der Waals surface area (Å²) >= 11 is 6.24. The zero-order valence-corrected chi connectivity index (χ0v) is 11.2. The minimum absolute atomic E-state index is 0.145. The molecule has 0 aliphatic carbocycles. The molecule has 0 saturated heterocycles. The number of benzene rings is 1. The van der Waals surface area contributed by atoms with Crippen LogP contribution in [0.4, 0.5) is 4.39 Å². The zero-order chi connectivity index (χ0) is 12.8. The number of aryl methyl sites for hydroxylation is 1. The molecule has 0 saturated carbocycles. The van der Waals surface area contributed by atoms with Gasteiger partial charge in [-0.2, -0.15) is 0 Å². The molecule has 0 fully saturated rings. The minimum Gasteiger partial charge on any atom is -0.249 e. The summed E-state index contributed by atoms with van der Waals surface area (Å²) in [5, 5.41) is 1.27. The molecular weight excluding hydrogens is 237 g/mol. The summed E-state index contributed by atoms with van der Waals surface area (Å²) in [6, 6.07) is 4.99.